The number of rotatable bonds is 4. The Bertz CT molecular complexity index is 211. The van der Waals surface area contributed by atoms with Crippen LogP contribution in [0.3, 0.4) is 0 Å². The first kappa shape index (κ1) is 13.4. The molecule has 2 fully saturated rings. The zero-order valence-electron chi connectivity index (χ0n) is 11.8. The molecule has 2 rings (SSSR count). The van der Waals surface area contributed by atoms with Gasteiger partial charge in [-0.1, -0.05) is 19.8 Å². The third kappa shape index (κ3) is 3.96. The van der Waals surface area contributed by atoms with E-state index in [0.717, 1.165) is 12.0 Å². The SMILES string of the molecule is CC[C@H]1CC[C@H](CCN2CCCCC2)N(C)C1. The highest BCUT2D eigenvalue weighted by Gasteiger charge is 2.24. The Kier molecular flexibility index (Phi) is 5.30. The van der Waals surface area contributed by atoms with Gasteiger partial charge in [-0.05, 0) is 64.7 Å². The molecule has 100 valence electrons. The lowest BCUT2D eigenvalue weighted by atomic mass is 9.90. The summed E-state index contributed by atoms with van der Waals surface area (Å²) in [4.78, 5) is 5.31. The maximum absolute atomic E-state index is 2.68. The van der Waals surface area contributed by atoms with Crippen molar-refractivity contribution in [2.45, 2.75) is 57.9 Å². The largest absolute Gasteiger partial charge is 0.303 e. The Hall–Kier alpha value is -0.0800. The maximum Gasteiger partial charge on any atom is 0.0105 e. The Morgan fingerprint density at radius 3 is 2.47 bits per heavy atom. The molecular weight excluding hydrogens is 208 g/mol. The van der Waals surface area contributed by atoms with Crippen LogP contribution in [0.2, 0.25) is 0 Å². The highest BCUT2D eigenvalue weighted by molar-refractivity contribution is 4.80. The highest BCUT2D eigenvalue weighted by atomic mass is 15.2. The summed E-state index contributed by atoms with van der Waals surface area (Å²) in [6, 6.07) is 0.861. The molecule has 0 aromatic carbocycles. The Morgan fingerprint density at radius 1 is 1.06 bits per heavy atom. The second-order valence-electron chi connectivity index (χ2n) is 6.14. The summed E-state index contributed by atoms with van der Waals surface area (Å²) in [6.45, 7) is 7.72. The van der Waals surface area contributed by atoms with Gasteiger partial charge in [-0.2, -0.15) is 0 Å². The van der Waals surface area contributed by atoms with E-state index in [0.29, 0.717) is 0 Å². The Labute approximate surface area is 107 Å². The fourth-order valence-corrected chi connectivity index (χ4v) is 3.51. The monoisotopic (exact) mass is 238 g/mol. The average molecular weight is 238 g/mol. The quantitative estimate of drug-likeness (QED) is 0.743. The highest BCUT2D eigenvalue weighted by Crippen LogP contribution is 2.25. The lowest BCUT2D eigenvalue weighted by Gasteiger charge is -2.38. The van der Waals surface area contributed by atoms with Crippen molar-refractivity contribution < 1.29 is 0 Å². The van der Waals surface area contributed by atoms with Crippen LogP contribution in [0.4, 0.5) is 0 Å². The van der Waals surface area contributed by atoms with Gasteiger partial charge < -0.3 is 9.80 Å². The molecule has 0 spiro atoms. The lowest BCUT2D eigenvalue weighted by Crippen LogP contribution is -2.43. The van der Waals surface area contributed by atoms with E-state index in [1.807, 2.05) is 0 Å². The van der Waals surface area contributed by atoms with Gasteiger partial charge in [0, 0.05) is 12.6 Å². The van der Waals surface area contributed by atoms with Crippen molar-refractivity contribution in [1.29, 1.82) is 0 Å². The van der Waals surface area contributed by atoms with Crippen molar-refractivity contribution in [3.63, 3.8) is 0 Å². The Balaban J connectivity index is 1.68. The van der Waals surface area contributed by atoms with E-state index < -0.39 is 0 Å². The molecule has 2 heteroatoms. The maximum atomic E-state index is 2.68. The van der Waals surface area contributed by atoms with E-state index in [2.05, 4.69) is 23.8 Å². The molecule has 2 aliphatic rings. The molecule has 2 nitrogen and oxygen atoms in total. The van der Waals surface area contributed by atoms with Gasteiger partial charge in [-0.25, -0.2) is 0 Å². The first-order valence-electron chi connectivity index (χ1n) is 7.72. The van der Waals surface area contributed by atoms with Crippen LogP contribution >= 0.6 is 0 Å². The van der Waals surface area contributed by atoms with Gasteiger partial charge >= 0.3 is 0 Å². The molecular formula is C15H30N2. The third-order valence-electron chi connectivity index (χ3n) is 4.88. The van der Waals surface area contributed by atoms with Gasteiger partial charge in [-0.3, -0.25) is 0 Å². The minimum absolute atomic E-state index is 0.861. The molecule has 2 saturated heterocycles. The standard InChI is InChI=1S/C15H30N2/c1-3-14-7-8-15(16(2)13-14)9-12-17-10-5-4-6-11-17/h14-15H,3-13H2,1-2H3/t14-,15+/m0/s1. The second-order valence-corrected chi connectivity index (χ2v) is 6.14. The Morgan fingerprint density at radius 2 is 1.82 bits per heavy atom. The van der Waals surface area contributed by atoms with Crippen molar-refractivity contribution >= 4 is 0 Å². The number of nitrogens with zero attached hydrogens (tertiary/aromatic N) is 2. The molecule has 2 atom stereocenters. The smallest absolute Gasteiger partial charge is 0.0105 e. The first-order valence-corrected chi connectivity index (χ1v) is 7.72. The van der Waals surface area contributed by atoms with Crippen molar-refractivity contribution in [2.75, 3.05) is 33.2 Å². The van der Waals surface area contributed by atoms with Gasteiger partial charge in [0.15, 0.2) is 0 Å². The summed E-state index contributed by atoms with van der Waals surface area (Å²) >= 11 is 0. The zero-order valence-corrected chi connectivity index (χ0v) is 11.8. The van der Waals surface area contributed by atoms with Crippen LogP contribution in [0, 0.1) is 5.92 Å². The number of hydrogen-bond donors (Lipinski definition) is 0. The molecule has 2 heterocycles. The van der Waals surface area contributed by atoms with Gasteiger partial charge in [0.2, 0.25) is 0 Å². The first-order chi connectivity index (χ1) is 8.29. The van der Waals surface area contributed by atoms with E-state index in [1.165, 1.54) is 71.1 Å². The average Bonchev–Trinajstić information content (AvgIpc) is 2.38. The van der Waals surface area contributed by atoms with E-state index >= 15 is 0 Å². The molecule has 0 amide bonds. The third-order valence-corrected chi connectivity index (χ3v) is 4.88. The number of piperidine rings is 2. The van der Waals surface area contributed by atoms with Crippen LogP contribution in [0.5, 0.6) is 0 Å². The van der Waals surface area contributed by atoms with Crippen LogP contribution in [0.15, 0.2) is 0 Å². The summed E-state index contributed by atoms with van der Waals surface area (Å²) in [7, 11) is 2.34. The summed E-state index contributed by atoms with van der Waals surface area (Å²) < 4.78 is 0. The van der Waals surface area contributed by atoms with E-state index in [4.69, 9.17) is 0 Å². The van der Waals surface area contributed by atoms with Crippen LogP contribution < -0.4 is 0 Å². The number of likely N-dealkylation sites (tertiary alicyclic amines) is 2. The van der Waals surface area contributed by atoms with E-state index in [9.17, 15) is 0 Å². The van der Waals surface area contributed by atoms with Gasteiger partial charge in [-0.15, -0.1) is 0 Å². The van der Waals surface area contributed by atoms with Crippen molar-refractivity contribution in [1.82, 2.24) is 9.80 Å². The molecule has 0 radical (unpaired) electrons. The molecule has 0 unspecified atom stereocenters. The van der Waals surface area contributed by atoms with Gasteiger partial charge in [0.25, 0.3) is 0 Å². The summed E-state index contributed by atoms with van der Waals surface area (Å²) in [6.07, 6.45) is 9.97. The van der Waals surface area contributed by atoms with Crippen molar-refractivity contribution in [3.05, 3.63) is 0 Å². The molecule has 17 heavy (non-hydrogen) atoms. The summed E-state index contributed by atoms with van der Waals surface area (Å²) in [5, 5.41) is 0. The summed E-state index contributed by atoms with van der Waals surface area (Å²) in [5.74, 6) is 0.964. The van der Waals surface area contributed by atoms with E-state index in [-0.39, 0.29) is 0 Å². The van der Waals surface area contributed by atoms with Crippen molar-refractivity contribution in [2.24, 2.45) is 5.92 Å². The van der Waals surface area contributed by atoms with Gasteiger partial charge in [0.05, 0.1) is 0 Å². The molecule has 2 aliphatic heterocycles. The molecule has 0 aromatic rings. The van der Waals surface area contributed by atoms with Crippen molar-refractivity contribution in [3.8, 4) is 0 Å². The minimum Gasteiger partial charge on any atom is -0.303 e. The normalized spacial score (nSPS) is 32.8. The second kappa shape index (κ2) is 6.75. The fourth-order valence-electron chi connectivity index (χ4n) is 3.51. The lowest BCUT2D eigenvalue weighted by molar-refractivity contribution is 0.112. The molecule has 0 aromatic heterocycles. The topological polar surface area (TPSA) is 6.48 Å². The molecule has 0 N–H and O–H groups in total. The minimum atomic E-state index is 0.861. The van der Waals surface area contributed by atoms with Crippen LogP contribution in [-0.2, 0) is 0 Å². The zero-order chi connectivity index (χ0) is 12.1. The van der Waals surface area contributed by atoms with Crippen LogP contribution in [0.25, 0.3) is 0 Å². The molecule has 0 saturated carbocycles. The van der Waals surface area contributed by atoms with Gasteiger partial charge in [0.1, 0.15) is 0 Å². The predicted octanol–water partition coefficient (Wildman–Crippen LogP) is 2.98. The number of hydrogen-bond acceptors (Lipinski definition) is 2. The summed E-state index contributed by atoms with van der Waals surface area (Å²) in [5.41, 5.74) is 0. The van der Waals surface area contributed by atoms with Crippen LogP contribution in [-0.4, -0.2) is 49.1 Å². The molecule has 0 aliphatic carbocycles. The predicted molar refractivity (Wildman–Crippen MR) is 74.3 cm³/mol. The van der Waals surface area contributed by atoms with Crippen LogP contribution in [0.1, 0.15) is 51.9 Å². The van der Waals surface area contributed by atoms with E-state index in [1.54, 1.807) is 0 Å². The molecule has 0 bridgehead atoms. The fraction of sp³-hybridized carbons (Fsp3) is 1.00.